The van der Waals surface area contributed by atoms with E-state index >= 15 is 0 Å². The number of amides is 1. The Morgan fingerprint density at radius 3 is 2.50 bits per heavy atom. The van der Waals surface area contributed by atoms with Crippen LogP contribution in [-0.2, 0) is 4.79 Å². The van der Waals surface area contributed by atoms with Crippen LogP contribution in [0.1, 0.15) is 22.7 Å². The van der Waals surface area contributed by atoms with Crippen molar-refractivity contribution in [3.63, 3.8) is 0 Å². The van der Waals surface area contributed by atoms with Crippen molar-refractivity contribution < 1.29 is 9.18 Å². The zero-order valence-corrected chi connectivity index (χ0v) is 23.6. The third-order valence-electron chi connectivity index (χ3n) is 7.37. The number of pyridine rings is 1. The highest BCUT2D eigenvalue weighted by Crippen LogP contribution is 2.29. The van der Waals surface area contributed by atoms with Gasteiger partial charge in [-0.05, 0) is 43.9 Å². The molecule has 0 spiro atoms. The van der Waals surface area contributed by atoms with Gasteiger partial charge in [-0.15, -0.1) is 0 Å². The maximum atomic E-state index is 13.5. The average Bonchev–Trinajstić information content (AvgIpc) is 3.44. The average molecular weight is 566 g/mol. The summed E-state index contributed by atoms with van der Waals surface area (Å²) in [5, 5.41) is 14.0. The maximum Gasteiger partial charge on any atom is 0.231 e. The van der Waals surface area contributed by atoms with Crippen LogP contribution in [0.3, 0.4) is 0 Å². The van der Waals surface area contributed by atoms with Crippen LogP contribution >= 0.6 is 0 Å². The van der Waals surface area contributed by atoms with Crippen molar-refractivity contribution in [1.82, 2.24) is 29.4 Å². The van der Waals surface area contributed by atoms with E-state index in [4.69, 9.17) is 15.7 Å². The molecule has 42 heavy (non-hydrogen) atoms. The molecule has 1 amide bonds. The molecule has 3 aromatic heterocycles. The van der Waals surface area contributed by atoms with Crippen LogP contribution in [0.2, 0.25) is 0 Å². The summed E-state index contributed by atoms with van der Waals surface area (Å²) in [5.74, 6) is 0.124. The first-order chi connectivity index (χ1) is 20.3. The van der Waals surface area contributed by atoms with Crippen LogP contribution in [0.15, 0.2) is 73.8 Å². The number of piperazine rings is 1. The largest absolute Gasteiger partial charge is 0.404 e. The fourth-order valence-electron chi connectivity index (χ4n) is 5.17. The summed E-state index contributed by atoms with van der Waals surface area (Å²) >= 11 is 0. The molecule has 1 aliphatic rings. The van der Waals surface area contributed by atoms with Crippen LogP contribution in [0.25, 0.3) is 22.3 Å². The summed E-state index contributed by atoms with van der Waals surface area (Å²) in [4.78, 5) is 29.0. The van der Waals surface area contributed by atoms with Crippen molar-refractivity contribution in [2.75, 3.05) is 51.7 Å². The fourth-order valence-corrected chi connectivity index (χ4v) is 5.17. The van der Waals surface area contributed by atoms with E-state index in [2.05, 4.69) is 22.6 Å². The van der Waals surface area contributed by atoms with Gasteiger partial charge in [0.05, 0.1) is 29.7 Å². The van der Waals surface area contributed by atoms with Crippen molar-refractivity contribution in [3.8, 4) is 17.3 Å². The van der Waals surface area contributed by atoms with Crippen molar-refractivity contribution in [3.05, 3.63) is 96.5 Å². The van der Waals surface area contributed by atoms with Gasteiger partial charge in [-0.2, -0.15) is 10.4 Å². The number of aromatic nitrogens is 4. The molecule has 10 nitrogen and oxygen atoms in total. The number of rotatable bonds is 8. The summed E-state index contributed by atoms with van der Waals surface area (Å²) in [5.41, 5.74) is 10.0. The van der Waals surface area contributed by atoms with Gasteiger partial charge in [0.15, 0.2) is 0 Å². The van der Waals surface area contributed by atoms with Crippen LogP contribution in [0.4, 0.5) is 10.2 Å². The number of allylic oxidation sites excluding steroid dienone is 2. The molecule has 1 fully saturated rings. The number of anilines is 1. The Morgan fingerprint density at radius 1 is 1.17 bits per heavy atom. The number of hydrogen-bond donors (Lipinski definition) is 1. The second-order valence-electron chi connectivity index (χ2n) is 10.3. The molecule has 1 unspecified atom stereocenters. The van der Waals surface area contributed by atoms with Crippen LogP contribution in [-0.4, -0.2) is 82.1 Å². The first-order valence-electron chi connectivity index (χ1n) is 13.6. The lowest BCUT2D eigenvalue weighted by Crippen LogP contribution is -2.51. The van der Waals surface area contributed by atoms with Gasteiger partial charge in [0.2, 0.25) is 5.91 Å². The van der Waals surface area contributed by atoms with E-state index in [-0.39, 0.29) is 17.6 Å². The summed E-state index contributed by atoms with van der Waals surface area (Å²) < 4.78 is 15.1. The zero-order chi connectivity index (χ0) is 29.8. The van der Waals surface area contributed by atoms with Crippen molar-refractivity contribution in [1.29, 1.82) is 5.26 Å². The number of carbonyl (C=O) groups excluding carboxylic acids is 1. The van der Waals surface area contributed by atoms with Gasteiger partial charge >= 0.3 is 0 Å². The smallest absolute Gasteiger partial charge is 0.231 e. The number of likely N-dealkylation sites (N-methyl/N-ethyl adjacent to an activating group) is 1. The van der Waals surface area contributed by atoms with E-state index < -0.39 is 0 Å². The Morgan fingerprint density at radius 2 is 1.90 bits per heavy atom. The number of nitriles is 1. The molecule has 4 heterocycles. The Labute approximate surface area is 243 Å². The molecule has 0 radical (unpaired) electrons. The first kappa shape index (κ1) is 28.4. The van der Waals surface area contributed by atoms with Gasteiger partial charge in [0, 0.05) is 56.3 Å². The number of halogens is 1. The third-order valence-corrected chi connectivity index (χ3v) is 7.37. The molecule has 0 saturated carbocycles. The SMILES string of the molecule is C=C/C(=C\N)c1cn2ncc(C#N)c2c(-c2ccc(N3CCN(C(=O)C(CN(C)C)c4ccc(F)cc4)CC3)nc2)n1. The number of nitrogens with zero attached hydrogens (tertiary/aromatic N) is 8. The highest BCUT2D eigenvalue weighted by atomic mass is 19.1. The first-order valence-corrected chi connectivity index (χ1v) is 13.6. The zero-order valence-electron chi connectivity index (χ0n) is 23.6. The topological polar surface area (TPSA) is 120 Å². The van der Waals surface area contributed by atoms with Gasteiger partial charge in [-0.3, -0.25) is 4.79 Å². The predicted octanol–water partition coefficient (Wildman–Crippen LogP) is 3.28. The van der Waals surface area contributed by atoms with Crippen LogP contribution in [0, 0.1) is 17.1 Å². The minimum Gasteiger partial charge on any atom is -0.404 e. The molecule has 1 saturated heterocycles. The number of hydrogen-bond acceptors (Lipinski definition) is 8. The van der Waals surface area contributed by atoms with Gasteiger partial charge in [0.25, 0.3) is 0 Å². The molecular formula is C31H32FN9O. The molecule has 11 heteroatoms. The van der Waals surface area contributed by atoms with Crippen LogP contribution in [0.5, 0.6) is 0 Å². The Balaban J connectivity index is 1.34. The lowest BCUT2D eigenvalue weighted by atomic mass is 9.96. The van der Waals surface area contributed by atoms with Gasteiger partial charge < -0.3 is 20.4 Å². The van der Waals surface area contributed by atoms with Crippen molar-refractivity contribution in [2.24, 2.45) is 5.73 Å². The molecule has 0 bridgehead atoms. The monoisotopic (exact) mass is 565 g/mol. The van der Waals surface area contributed by atoms with Gasteiger partial charge in [-0.25, -0.2) is 18.9 Å². The molecule has 1 aliphatic heterocycles. The normalized spacial score (nSPS) is 14.7. The lowest BCUT2D eigenvalue weighted by Gasteiger charge is -2.37. The molecule has 214 valence electrons. The fraction of sp³-hybridized carbons (Fsp3) is 0.258. The van der Waals surface area contributed by atoms with Gasteiger partial charge in [0.1, 0.15) is 28.8 Å². The van der Waals surface area contributed by atoms with Gasteiger partial charge in [-0.1, -0.05) is 24.8 Å². The highest BCUT2D eigenvalue weighted by molar-refractivity contribution is 5.85. The summed E-state index contributed by atoms with van der Waals surface area (Å²) in [6.45, 7) is 6.69. The van der Waals surface area contributed by atoms with E-state index in [1.165, 1.54) is 24.5 Å². The second kappa shape index (κ2) is 12.2. The molecule has 0 aliphatic carbocycles. The summed E-state index contributed by atoms with van der Waals surface area (Å²) in [6, 6.07) is 12.2. The minimum absolute atomic E-state index is 0.0350. The maximum absolute atomic E-state index is 13.5. The molecule has 1 atom stereocenters. The van der Waals surface area contributed by atoms with Crippen molar-refractivity contribution in [2.45, 2.75) is 5.92 Å². The summed E-state index contributed by atoms with van der Waals surface area (Å²) in [6.07, 6.45) is 7.98. The lowest BCUT2D eigenvalue weighted by molar-refractivity contribution is -0.133. The number of fused-ring (bicyclic) bond motifs is 1. The van der Waals surface area contributed by atoms with E-state index in [0.29, 0.717) is 60.8 Å². The molecule has 2 N–H and O–H groups in total. The van der Waals surface area contributed by atoms with E-state index in [1.54, 1.807) is 35.1 Å². The predicted molar refractivity (Wildman–Crippen MR) is 160 cm³/mol. The number of carbonyl (C=O) groups is 1. The number of nitrogens with two attached hydrogens (primary N) is 1. The van der Waals surface area contributed by atoms with Crippen molar-refractivity contribution >= 4 is 22.8 Å². The summed E-state index contributed by atoms with van der Waals surface area (Å²) in [7, 11) is 3.85. The molecule has 4 aromatic rings. The highest BCUT2D eigenvalue weighted by Gasteiger charge is 2.29. The molecule has 5 rings (SSSR count). The third kappa shape index (κ3) is 5.70. The van der Waals surface area contributed by atoms with E-state index in [9.17, 15) is 14.4 Å². The quantitative estimate of drug-likeness (QED) is 0.323. The molecular weight excluding hydrogens is 533 g/mol. The Kier molecular flexibility index (Phi) is 8.26. The van der Waals surface area contributed by atoms with E-state index in [1.807, 2.05) is 36.0 Å². The second-order valence-corrected chi connectivity index (χ2v) is 10.3. The standard InChI is InChI=1S/C31H32FN9O/c1-4-21(15-33)27-20-41-30(24(16-34)18-36-41)29(37-27)23-7-10-28(35-17-23)39-11-13-40(14-12-39)31(42)26(19-38(2)3)22-5-8-25(32)9-6-22/h4-10,15,17-18,20,26H,1,11-14,19,33H2,2-3H3/b21-15+. The minimum atomic E-state index is -0.373. The number of benzene rings is 1. The Hall–Kier alpha value is -5.08. The Bertz CT molecular complexity index is 1660. The molecule has 1 aromatic carbocycles. The van der Waals surface area contributed by atoms with Crippen LogP contribution < -0.4 is 10.6 Å². The van der Waals surface area contributed by atoms with E-state index in [0.717, 1.165) is 16.9 Å².